The van der Waals surface area contributed by atoms with Crippen LogP contribution in [-0.2, 0) is 20.4 Å². The SMILES string of the molecule is Cc1noc(C)c1-c1c[nH]c(=O)c(N2CCOC3(COC3)C2C)c1.FC(F)(F)c1nc(N2CCCC2)c2oc3ccccc3c2n1.O=CO. The highest BCUT2D eigenvalue weighted by Gasteiger charge is 2.50. The molecule has 7 heterocycles. The molecular formula is C33H35F3N6O7. The zero-order valence-corrected chi connectivity index (χ0v) is 27.0. The number of rotatable bonds is 3. The highest BCUT2D eigenvalue weighted by Crippen LogP contribution is 2.38. The van der Waals surface area contributed by atoms with Crippen molar-refractivity contribution < 1.29 is 41.5 Å². The van der Waals surface area contributed by atoms with Gasteiger partial charge in [-0.1, -0.05) is 17.3 Å². The molecule has 260 valence electrons. The minimum atomic E-state index is -4.58. The van der Waals surface area contributed by atoms with Gasteiger partial charge in [0.05, 0.1) is 31.6 Å². The standard InChI is InChI=1S/C17H21N3O4.C15H12F3N3O.CH2O2/c1-10-15(11(2)24-19-10)13-6-14(16(21)18-7-13)20-4-5-23-17(12(20)3)8-22-9-17;16-15(17,18)14-19-11-9-5-1-2-6-10(9)22-12(11)13(20-14)21-7-3-4-8-21;2-1-3/h6-7,12H,4-5,8-9H2,1-3H3,(H,18,21);1-2,5-6H,3-4,7-8H2;1H,(H,2,3). The Labute approximate surface area is 277 Å². The number of carboxylic acid groups (broad SMARTS) is 1. The number of halogens is 3. The average Bonchev–Trinajstić information content (AvgIpc) is 3.80. The van der Waals surface area contributed by atoms with E-state index in [1.54, 1.807) is 30.5 Å². The van der Waals surface area contributed by atoms with Crippen molar-refractivity contribution in [2.75, 3.05) is 49.3 Å². The van der Waals surface area contributed by atoms with Crippen LogP contribution >= 0.6 is 0 Å². The number of hydrogen-bond acceptors (Lipinski definition) is 11. The molecule has 1 aromatic carbocycles. The number of hydrogen-bond donors (Lipinski definition) is 2. The minimum Gasteiger partial charge on any atom is -0.483 e. The van der Waals surface area contributed by atoms with Gasteiger partial charge in [0, 0.05) is 42.3 Å². The molecule has 4 aromatic heterocycles. The number of nitrogens with one attached hydrogen (secondary N) is 1. The van der Waals surface area contributed by atoms with Crippen LogP contribution in [0.4, 0.5) is 24.7 Å². The third-order valence-corrected chi connectivity index (χ3v) is 9.02. The predicted molar refractivity (Wildman–Crippen MR) is 173 cm³/mol. The summed E-state index contributed by atoms with van der Waals surface area (Å²) in [5, 5.41) is 11.5. The largest absolute Gasteiger partial charge is 0.483 e. The molecule has 0 amide bonds. The number of para-hydroxylation sites is 1. The van der Waals surface area contributed by atoms with E-state index in [2.05, 4.69) is 31.9 Å². The van der Waals surface area contributed by atoms with Crippen molar-refractivity contribution in [3.63, 3.8) is 0 Å². The summed E-state index contributed by atoms with van der Waals surface area (Å²) < 4.78 is 61.6. The van der Waals surface area contributed by atoms with Gasteiger partial charge in [0.1, 0.15) is 28.1 Å². The molecular weight excluding hydrogens is 649 g/mol. The number of aromatic amines is 1. The fourth-order valence-corrected chi connectivity index (χ4v) is 6.47. The Morgan fingerprint density at radius 3 is 2.45 bits per heavy atom. The highest BCUT2D eigenvalue weighted by molar-refractivity contribution is 6.05. The summed E-state index contributed by atoms with van der Waals surface area (Å²) in [6.07, 6.45) is -0.993. The van der Waals surface area contributed by atoms with Gasteiger partial charge in [0.2, 0.25) is 5.82 Å². The second-order valence-electron chi connectivity index (χ2n) is 12.0. The van der Waals surface area contributed by atoms with Gasteiger partial charge in [0.15, 0.2) is 11.4 Å². The lowest BCUT2D eigenvalue weighted by molar-refractivity contribution is -0.228. The lowest BCUT2D eigenvalue weighted by atomic mass is 9.90. The van der Waals surface area contributed by atoms with Crippen molar-refractivity contribution in [2.45, 2.75) is 51.4 Å². The van der Waals surface area contributed by atoms with Crippen LogP contribution in [0.2, 0.25) is 0 Å². The molecule has 1 atom stereocenters. The Bertz CT molecular complexity index is 1990. The van der Waals surface area contributed by atoms with E-state index < -0.39 is 12.0 Å². The smallest absolute Gasteiger partial charge is 0.451 e. The maximum Gasteiger partial charge on any atom is 0.451 e. The molecule has 0 saturated carbocycles. The topological polar surface area (TPSA) is 160 Å². The van der Waals surface area contributed by atoms with E-state index in [0.29, 0.717) is 61.7 Å². The number of carbonyl (C=O) groups is 1. The van der Waals surface area contributed by atoms with Gasteiger partial charge in [-0.25, -0.2) is 9.97 Å². The number of aryl methyl sites for hydroxylation is 2. The van der Waals surface area contributed by atoms with Crippen LogP contribution in [0.25, 0.3) is 33.2 Å². The lowest BCUT2D eigenvalue weighted by Gasteiger charge is -2.53. The molecule has 3 aliphatic heterocycles. The third-order valence-electron chi connectivity index (χ3n) is 9.02. The number of furan rings is 1. The number of nitrogens with zero attached hydrogens (tertiary/aromatic N) is 5. The molecule has 2 N–H and O–H groups in total. The van der Waals surface area contributed by atoms with Gasteiger partial charge in [-0.05, 0) is 51.8 Å². The lowest BCUT2D eigenvalue weighted by Crippen LogP contribution is -2.68. The van der Waals surface area contributed by atoms with Crippen molar-refractivity contribution in [3.05, 3.63) is 64.2 Å². The summed E-state index contributed by atoms with van der Waals surface area (Å²) in [5.41, 5.74) is 3.95. The molecule has 1 spiro atoms. The van der Waals surface area contributed by atoms with E-state index in [-0.39, 0.29) is 35.0 Å². The van der Waals surface area contributed by atoms with E-state index >= 15 is 0 Å². The zero-order chi connectivity index (χ0) is 34.9. The molecule has 0 bridgehead atoms. The summed E-state index contributed by atoms with van der Waals surface area (Å²) >= 11 is 0. The number of fused-ring (bicyclic) bond motifs is 3. The van der Waals surface area contributed by atoms with Crippen molar-refractivity contribution >= 4 is 40.0 Å². The van der Waals surface area contributed by atoms with E-state index in [1.165, 1.54) is 0 Å². The van der Waals surface area contributed by atoms with Crippen LogP contribution in [0, 0.1) is 13.8 Å². The molecule has 3 aliphatic rings. The van der Waals surface area contributed by atoms with Crippen LogP contribution in [-0.4, -0.2) is 82.8 Å². The quantitative estimate of drug-likeness (QED) is 0.235. The van der Waals surface area contributed by atoms with Gasteiger partial charge in [0.25, 0.3) is 12.0 Å². The Morgan fingerprint density at radius 2 is 1.82 bits per heavy atom. The molecule has 8 rings (SSSR count). The van der Waals surface area contributed by atoms with Crippen LogP contribution in [0.3, 0.4) is 0 Å². The van der Waals surface area contributed by atoms with Crippen molar-refractivity contribution in [2.24, 2.45) is 0 Å². The minimum absolute atomic E-state index is 0.0704. The van der Waals surface area contributed by atoms with Crippen molar-refractivity contribution in [1.29, 1.82) is 0 Å². The normalized spacial score (nSPS) is 18.5. The number of anilines is 2. The number of aromatic nitrogens is 4. The second-order valence-corrected chi connectivity index (χ2v) is 12.0. The molecule has 3 fully saturated rings. The van der Waals surface area contributed by atoms with E-state index in [4.69, 9.17) is 28.3 Å². The molecule has 16 heteroatoms. The summed E-state index contributed by atoms with van der Waals surface area (Å²) in [6.45, 7) is 9.38. The van der Waals surface area contributed by atoms with Gasteiger partial charge in [-0.3, -0.25) is 9.59 Å². The number of alkyl halides is 3. The first-order valence-electron chi connectivity index (χ1n) is 15.7. The number of morpholine rings is 1. The first kappa shape index (κ1) is 33.9. The maximum absolute atomic E-state index is 13.1. The number of pyridine rings is 1. The molecule has 5 aromatic rings. The Morgan fingerprint density at radius 1 is 1.10 bits per heavy atom. The van der Waals surface area contributed by atoms with Crippen molar-refractivity contribution in [1.82, 2.24) is 20.1 Å². The first-order valence-corrected chi connectivity index (χ1v) is 15.7. The molecule has 0 radical (unpaired) electrons. The van der Waals surface area contributed by atoms with Crippen LogP contribution in [0.15, 0.2) is 50.3 Å². The van der Waals surface area contributed by atoms with Gasteiger partial charge < -0.3 is 38.3 Å². The highest BCUT2D eigenvalue weighted by atomic mass is 19.4. The molecule has 1 unspecified atom stereocenters. The van der Waals surface area contributed by atoms with Crippen LogP contribution in [0.5, 0.6) is 0 Å². The Kier molecular flexibility index (Phi) is 9.35. The number of ether oxygens (including phenoxy) is 2. The van der Waals surface area contributed by atoms with E-state index in [0.717, 1.165) is 35.4 Å². The number of benzene rings is 1. The monoisotopic (exact) mass is 684 g/mol. The third kappa shape index (κ3) is 6.45. The van der Waals surface area contributed by atoms with Crippen LogP contribution in [0.1, 0.15) is 37.0 Å². The van der Waals surface area contributed by atoms with Gasteiger partial charge >= 0.3 is 6.18 Å². The molecule has 3 saturated heterocycles. The van der Waals surface area contributed by atoms with Gasteiger partial charge in [-0.2, -0.15) is 13.2 Å². The second kappa shape index (κ2) is 13.5. The number of H-pyrrole nitrogens is 1. The maximum atomic E-state index is 13.1. The molecule has 13 nitrogen and oxygen atoms in total. The summed E-state index contributed by atoms with van der Waals surface area (Å²) in [6, 6.07) is 8.95. The fourth-order valence-electron chi connectivity index (χ4n) is 6.47. The summed E-state index contributed by atoms with van der Waals surface area (Å²) in [7, 11) is 0. The Balaban J connectivity index is 0.000000158. The van der Waals surface area contributed by atoms with Crippen molar-refractivity contribution in [3.8, 4) is 11.1 Å². The van der Waals surface area contributed by atoms with Gasteiger partial charge in [-0.15, -0.1) is 0 Å². The molecule has 49 heavy (non-hydrogen) atoms. The summed E-state index contributed by atoms with van der Waals surface area (Å²) in [5.74, 6) is -0.135. The first-order chi connectivity index (χ1) is 23.5. The molecule has 0 aliphatic carbocycles. The zero-order valence-electron chi connectivity index (χ0n) is 27.0. The fraction of sp³-hybridized carbons (Fsp3) is 0.424. The van der Waals surface area contributed by atoms with Crippen LogP contribution < -0.4 is 15.4 Å². The predicted octanol–water partition coefficient (Wildman–Crippen LogP) is 5.34. The average molecular weight is 685 g/mol. The Hall–Kier alpha value is -4.96. The van der Waals surface area contributed by atoms with E-state index in [1.807, 2.05) is 24.8 Å². The van der Waals surface area contributed by atoms with E-state index in [9.17, 15) is 18.0 Å². The summed E-state index contributed by atoms with van der Waals surface area (Å²) in [4.78, 5) is 35.1.